The highest BCUT2D eigenvalue weighted by molar-refractivity contribution is 5.90. The van der Waals surface area contributed by atoms with Gasteiger partial charge in [0.1, 0.15) is 50.0 Å². The lowest BCUT2D eigenvalue weighted by atomic mass is 10.2. The van der Waals surface area contributed by atoms with Crippen LogP contribution in [0.15, 0.2) is 22.9 Å². The van der Waals surface area contributed by atoms with Gasteiger partial charge < -0.3 is 19.6 Å². The second-order valence-corrected chi connectivity index (χ2v) is 7.93. The highest BCUT2D eigenvalue weighted by Gasteiger charge is 2.26. The maximum absolute atomic E-state index is 12.5. The molecule has 1 saturated carbocycles. The van der Waals surface area contributed by atoms with Gasteiger partial charge >= 0.3 is 0 Å². The molecule has 0 spiro atoms. The molecule has 1 amide bonds. The summed E-state index contributed by atoms with van der Waals surface area (Å²) in [4.78, 5) is 15.4. The molecule has 4 rings (SSSR count). The highest BCUT2D eigenvalue weighted by atomic mass is 16.5. The molecule has 2 aromatic heterocycles. The van der Waals surface area contributed by atoms with E-state index in [-0.39, 0.29) is 5.91 Å². The molecule has 1 aliphatic carbocycles. The molecule has 8 heteroatoms. The van der Waals surface area contributed by atoms with Gasteiger partial charge in [-0.05, 0) is 19.8 Å². The Balaban J connectivity index is 1.23. The lowest BCUT2D eigenvalue weighted by molar-refractivity contribution is -1.02. The zero-order chi connectivity index (χ0) is 18.6. The number of hydrogen-bond donors (Lipinski definition) is 3. The number of nitrogens with zero attached hydrogens (tertiary/aromatic N) is 3. The van der Waals surface area contributed by atoms with Crippen molar-refractivity contribution >= 4 is 11.7 Å². The number of carbonyl (C=O) groups is 1. The third kappa shape index (κ3) is 4.56. The lowest BCUT2D eigenvalue weighted by Crippen LogP contribution is -3.28. The monoisotopic (exact) mass is 374 g/mol. The molecule has 146 valence electrons. The number of amides is 1. The lowest BCUT2D eigenvalue weighted by Gasteiger charge is -2.28. The fraction of sp³-hybridized carbons (Fsp3) is 0.632. The molecule has 3 N–H and O–H groups in total. The van der Waals surface area contributed by atoms with Crippen LogP contribution in [0.3, 0.4) is 0 Å². The van der Waals surface area contributed by atoms with E-state index in [2.05, 4.69) is 15.6 Å². The third-order valence-electron chi connectivity index (χ3n) is 5.79. The summed E-state index contributed by atoms with van der Waals surface area (Å²) >= 11 is 0. The van der Waals surface area contributed by atoms with Crippen molar-refractivity contribution in [3.8, 4) is 0 Å². The van der Waals surface area contributed by atoms with Gasteiger partial charge in [-0.15, -0.1) is 0 Å². The van der Waals surface area contributed by atoms with E-state index in [9.17, 15) is 4.79 Å². The van der Waals surface area contributed by atoms with E-state index in [4.69, 9.17) is 4.52 Å². The second kappa shape index (κ2) is 8.22. The average molecular weight is 374 g/mol. The number of anilines is 1. The van der Waals surface area contributed by atoms with Crippen molar-refractivity contribution in [3.63, 3.8) is 0 Å². The van der Waals surface area contributed by atoms with Gasteiger partial charge in [0.2, 0.25) is 0 Å². The molecule has 2 aromatic rings. The van der Waals surface area contributed by atoms with Gasteiger partial charge in [-0.25, -0.2) is 4.68 Å². The van der Waals surface area contributed by atoms with Crippen LogP contribution in [0.5, 0.6) is 0 Å². The van der Waals surface area contributed by atoms with Crippen LogP contribution in [0.2, 0.25) is 0 Å². The Morgan fingerprint density at radius 3 is 2.70 bits per heavy atom. The molecule has 1 saturated heterocycles. The number of nitrogens with one attached hydrogen (secondary N) is 3. The first-order chi connectivity index (χ1) is 13.2. The SMILES string of the molecule is Cc1cc(C[NH+]2CC[NH+](CC(=O)Nc3ccnn3C3CCCC3)CC2)no1. The molecular formula is C19H30N6O2+2. The number of quaternary nitrogens is 2. The van der Waals surface area contributed by atoms with E-state index in [1.807, 2.05) is 23.7 Å². The van der Waals surface area contributed by atoms with Crippen molar-refractivity contribution in [1.29, 1.82) is 0 Å². The van der Waals surface area contributed by atoms with Crippen LogP contribution in [0.4, 0.5) is 5.82 Å². The first-order valence-electron chi connectivity index (χ1n) is 10.1. The van der Waals surface area contributed by atoms with Gasteiger partial charge in [0, 0.05) is 12.1 Å². The van der Waals surface area contributed by atoms with Crippen LogP contribution in [-0.2, 0) is 11.3 Å². The number of aromatic nitrogens is 3. The number of aryl methyl sites for hydroxylation is 1. The van der Waals surface area contributed by atoms with Crippen molar-refractivity contribution in [2.75, 3.05) is 38.0 Å². The summed E-state index contributed by atoms with van der Waals surface area (Å²) in [5.74, 6) is 1.79. The minimum Gasteiger partial charge on any atom is -0.361 e. The minimum atomic E-state index is 0.0836. The van der Waals surface area contributed by atoms with Gasteiger partial charge in [0.15, 0.2) is 6.54 Å². The summed E-state index contributed by atoms with van der Waals surface area (Å²) < 4.78 is 7.15. The molecule has 0 atom stereocenters. The zero-order valence-electron chi connectivity index (χ0n) is 16.0. The van der Waals surface area contributed by atoms with Crippen LogP contribution in [0.25, 0.3) is 0 Å². The third-order valence-corrected chi connectivity index (χ3v) is 5.79. The van der Waals surface area contributed by atoms with Crippen LogP contribution >= 0.6 is 0 Å². The Bertz CT molecular complexity index is 756. The molecular weight excluding hydrogens is 344 g/mol. The van der Waals surface area contributed by atoms with Crippen molar-refractivity contribution in [2.24, 2.45) is 0 Å². The van der Waals surface area contributed by atoms with Gasteiger partial charge in [0.05, 0.1) is 12.2 Å². The van der Waals surface area contributed by atoms with Crippen LogP contribution < -0.4 is 15.1 Å². The molecule has 0 aromatic carbocycles. The number of hydrogen-bond acceptors (Lipinski definition) is 4. The average Bonchev–Trinajstić information content (AvgIpc) is 3.39. The Kier molecular flexibility index (Phi) is 5.54. The van der Waals surface area contributed by atoms with Crippen LogP contribution in [0.1, 0.15) is 43.2 Å². The normalized spacial score (nSPS) is 23.6. The maximum Gasteiger partial charge on any atom is 0.280 e. The van der Waals surface area contributed by atoms with E-state index in [1.54, 1.807) is 6.20 Å². The van der Waals surface area contributed by atoms with Gasteiger partial charge in [0.25, 0.3) is 5.91 Å². The number of carbonyl (C=O) groups excluding carboxylic acids is 1. The fourth-order valence-corrected chi connectivity index (χ4v) is 4.34. The topological polar surface area (TPSA) is 81.8 Å². The Morgan fingerprint density at radius 1 is 1.26 bits per heavy atom. The molecule has 1 aliphatic heterocycles. The Hall–Kier alpha value is -2.19. The summed E-state index contributed by atoms with van der Waals surface area (Å²) in [7, 11) is 0. The van der Waals surface area contributed by atoms with Crippen LogP contribution in [-0.4, -0.2) is 53.6 Å². The molecule has 0 bridgehead atoms. The molecule has 8 nitrogen and oxygen atoms in total. The summed E-state index contributed by atoms with van der Waals surface area (Å²) in [5.41, 5.74) is 1.02. The summed E-state index contributed by atoms with van der Waals surface area (Å²) in [6.07, 6.45) is 6.61. The van der Waals surface area contributed by atoms with E-state index in [0.717, 1.165) is 62.8 Å². The first-order valence-corrected chi connectivity index (χ1v) is 10.1. The molecule has 3 heterocycles. The second-order valence-electron chi connectivity index (χ2n) is 7.93. The molecule has 0 radical (unpaired) electrons. The van der Waals surface area contributed by atoms with Gasteiger partial charge in [-0.3, -0.25) is 4.79 Å². The molecule has 2 fully saturated rings. The summed E-state index contributed by atoms with van der Waals surface area (Å²) in [6, 6.07) is 4.36. The van der Waals surface area contributed by atoms with Crippen molar-refractivity contribution < 1.29 is 19.1 Å². The van der Waals surface area contributed by atoms with Crippen molar-refractivity contribution in [2.45, 2.75) is 45.2 Å². The van der Waals surface area contributed by atoms with E-state index >= 15 is 0 Å². The molecule has 0 unspecified atom stereocenters. The first kappa shape index (κ1) is 18.2. The van der Waals surface area contributed by atoms with E-state index in [0.29, 0.717) is 12.6 Å². The largest absolute Gasteiger partial charge is 0.361 e. The standard InChI is InChI=1S/C19H28N6O2/c1-15-12-16(22-27-15)13-23-8-10-24(11-9-23)14-19(26)21-18-6-7-20-25(18)17-4-2-3-5-17/h6-7,12,17H,2-5,8-11,13-14H2,1H3,(H,21,26)/p+2. The Labute approximate surface area is 159 Å². The predicted octanol–water partition coefficient (Wildman–Crippen LogP) is -0.783. The quantitative estimate of drug-likeness (QED) is 0.619. The van der Waals surface area contributed by atoms with Crippen molar-refractivity contribution in [3.05, 3.63) is 29.8 Å². The van der Waals surface area contributed by atoms with Gasteiger partial charge in [-0.1, -0.05) is 18.0 Å². The zero-order valence-corrected chi connectivity index (χ0v) is 16.0. The smallest absolute Gasteiger partial charge is 0.280 e. The van der Waals surface area contributed by atoms with E-state index < -0.39 is 0 Å². The van der Waals surface area contributed by atoms with E-state index in [1.165, 1.54) is 22.6 Å². The van der Waals surface area contributed by atoms with Gasteiger partial charge in [-0.2, -0.15) is 5.10 Å². The molecule has 2 aliphatic rings. The number of piperazine rings is 1. The maximum atomic E-state index is 12.5. The van der Waals surface area contributed by atoms with Crippen molar-refractivity contribution in [1.82, 2.24) is 14.9 Å². The number of rotatable bonds is 6. The highest BCUT2D eigenvalue weighted by Crippen LogP contribution is 2.31. The predicted molar refractivity (Wildman–Crippen MR) is 99.6 cm³/mol. The fourth-order valence-electron chi connectivity index (χ4n) is 4.34. The Morgan fingerprint density at radius 2 is 2.00 bits per heavy atom. The summed E-state index contributed by atoms with van der Waals surface area (Å²) in [6.45, 7) is 7.45. The minimum absolute atomic E-state index is 0.0836. The summed E-state index contributed by atoms with van der Waals surface area (Å²) in [5, 5.41) is 11.6. The van der Waals surface area contributed by atoms with Crippen LogP contribution in [0, 0.1) is 6.92 Å². The molecule has 27 heavy (non-hydrogen) atoms.